The number of unbranched alkanes of at least 4 members (excludes halogenated alkanes) is 1. The first-order chi connectivity index (χ1) is 7.86. The molecule has 1 rings (SSSR count). The van der Waals surface area contributed by atoms with Crippen LogP contribution in [0.1, 0.15) is 51.6 Å². The minimum atomic E-state index is 0.897. The van der Waals surface area contributed by atoms with Gasteiger partial charge in [0.25, 0.3) is 0 Å². The lowest BCUT2D eigenvalue weighted by Gasteiger charge is -2.14. The third-order valence-electron chi connectivity index (χ3n) is 3.15. The maximum Gasteiger partial charge on any atom is 0.0490 e. The van der Waals surface area contributed by atoms with Crippen molar-refractivity contribution < 1.29 is 0 Å². The van der Waals surface area contributed by atoms with E-state index in [1.165, 1.54) is 37.8 Å². The van der Waals surface area contributed by atoms with Gasteiger partial charge in [0.15, 0.2) is 0 Å². The first-order valence-electron chi connectivity index (χ1n) is 6.55. The van der Waals surface area contributed by atoms with E-state index in [1.54, 1.807) is 6.20 Å². The Morgan fingerprint density at radius 3 is 2.88 bits per heavy atom. The highest BCUT2D eigenvalue weighted by molar-refractivity contribution is 4.96. The van der Waals surface area contributed by atoms with E-state index in [1.807, 2.05) is 6.07 Å². The van der Waals surface area contributed by atoms with Gasteiger partial charge in [-0.05, 0) is 24.9 Å². The highest BCUT2D eigenvalue weighted by atomic mass is 15.1. The summed E-state index contributed by atoms with van der Waals surface area (Å²) in [6.07, 6.45) is 8.49. The SMILES string of the molecule is CCCCC(CC)CCNCc1ccn[nH]1. The third kappa shape index (κ3) is 5.31. The fourth-order valence-electron chi connectivity index (χ4n) is 1.96. The second kappa shape index (κ2) is 8.34. The lowest BCUT2D eigenvalue weighted by atomic mass is 9.96. The van der Waals surface area contributed by atoms with E-state index >= 15 is 0 Å². The smallest absolute Gasteiger partial charge is 0.0490 e. The van der Waals surface area contributed by atoms with Gasteiger partial charge in [0, 0.05) is 18.4 Å². The van der Waals surface area contributed by atoms with Gasteiger partial charge in [-0.25, -0.2) is 0 Å². The Morgan fingerprint density at radius 1 is 1.38 bits per heavy atom. The van der Waals surface area contributed by atoms with Crippen LogP contribution in [0.15, 0.2) is 12.3 Å². The number of nitrogens with one attached hydrogen (secondary N) is 2. The molecule has 1 unspecified atom stereocenters. The van der Waals surface area contributed by atoms with Gasteiger partial charge in [0.2, 0.25) is 0 Å². The Bertz CT molecular complexity index is 244. The second-order valence-electron chi connectivity index (χ2n) is 4.46. The van der Waals surface area contributed by atoms with E-state index < -0.39 is 0 Å². The van der Waals surface area contributed by atoms with Crippen molar-refractivity contribution in [1.82, 2.24) is 15.5 Å². The topological polar surface area (TPSA) is 40.7 Å². The molecule has 0 aromatic carbocycles. The van der Waals surface area contributed by atoms with Crippen molar-refractivity contribution in [3.05, 3.63) is 18.0 Å². The molecule has 0 fully saturated rings. The summed E-state index contributed by atoms with van der Waals surface area (Å²) in [5, 5.41) is 10.3. The first-order valence-corrected chi connectivity index (χ1v) is 6.55. The zero-order valence-corrected chi connectivity index (χ0v) is 10.6. The molecule has 92 valence electrons. The van der Waals surface area contributed by atoms with E-state index in [4.69, 9.17) is 0 Å². The van der Waals surface area contributed by atoms with E-state index in [0.29, 0.717) is 0 Å². The highest BCUT2D eigenvalue weighted by Gasteiger charge is 2.04. The molecule has 1 heterocycles. The van der Waals surface area contributed by atoms with Gasteiger partial charge in [-0.1, -0.05) is 39.5 Å². The summed E-state index contributed by atoms with van der Waals surface area (Å²) in [4.78, 5) is 0. The van der Waals surface area contributed by atoms with Gasteiger partial charge in [-0.15, -0.1) is 0 Å². The quantitative estimate of drug-likeness (QED) is 0.632. The zero-order chi connectivity index (χ0) is 11.6. The number of nitrogens with zero attached hydrogens (tertiary/aromatic N) is 1. The Labute approximate surface area is 99.0 Å². The molecular weight excluding hydrogens is 198 g/mol. The van der Waals surface area contributed by atoms with E-state index in [-0.39, 0.29) is 0 Å². The van der Waals surface area contributed by atoms with Gasteiger partial charge in [-0.3, -0.25) is 5.10 Å². The van der Waals surface area contributed by atoms with Crippen LogP contribution >= 0.6 is 0 Å². The van der Waals surface area contributed by atoms with Crippen LogP contribution < -0.4 is 5.32 Å². The summed E-state index contributed by atoms with van der Waals surface area (Å²) in [5.74, 6) is 0.897. The van der Waals surface area contributed by atoms with Crippen molar-refractivity contribution in [2.75, 3.05) is 6.54 Å². The van der Waals surface area contributed by atoms with Crippen LogP contribution in [0.5, 0.6) is 0 Å². The van der Waals surface area contributed by atoms with Gasteiger partial charge < -0.3 is 5.32 Å². The molecule has 1 atom stereocenters. The molecule has 0 bridgehead atoms. The van der Waals surface area contributed by atoms with Crippen LogP contribution in [0.2, 0.25) is 0 Å². The summed E-state index contributed by atoms with van der Waals surface area (Å²) < 4.78 is 0. The molecule has 3 heteroatoms. The molecular formula is C13H25N3. The van der Waals surface area contributed by atoms with Crippen LogP contribution in [0.25, 0.3) is 0 Å². The van der Waals surface area contributed by atoms with Crippen molar-refractivity contribution in [3.8, 4) is 0 Å². The average Bonchev–Trinajstić information content (AvgIpc) is 2.81. The maximum absolute atomic E-state index is 3.93. The van der Waals surface area contributed by atoms with Crippen molar-refractivity contribution >= 4 is 0 Å². The monoisotopic (exact) mass is 223 g/mol. The number of hydrogen-bond donors (Lipinski definition) is 2. The Hall–Kier alpha value is -0.830. The molecule has 16 heavy (non-hydrogen) atoms. The Balaban J connectivity index is 2.04. The second-order valence-corrected chi connectivity index (χ2v) is 4.46. The molecule has 0 spiro atoms. The van der Waals surface area contributed by atoms with Crippen molar-refractivity contribution in [1.29, 1.82) is 0 Å². The predicted octanol–water partition coefficient (Wildman–Crippen LogP) is 3.11. The van der Waals surface area contributed by atoms with Gasteiger partial charge in [0.1, 0.15) is 0 Å². The van der Waals surface area contributed by atoms with E-state index in [9.17, 15) is 0 Å². The number of aromatic nitrogens is 2. The van der Waals surface area contributed by atoms with Gasteiger partial charge in [-0.2, -0.15) is 5.10 Å². The summed E-state index contributed by atoms with van der Waals surface area (Å²) in [5.41, 5.74) is 1.17. The number of H-pyrrole nitrogens is 1. The molecule has 0 saturated carbocycles. The maximum atomic E-state index is 3.93. The summed E-state index contributed by atoms with van der Waals surface area (Å²) >= 11 is 0. The van der Waals surface area contributed by atoms with Gasteiger partial charge in [0.05, 0.1) is 0 Å². The molecule has 0 saturated heterocycles. The van der Waals surface area contributed by atoms with Crippen molar-refractivity contribution in [2.45, 2.75) is 52.5 Å². The van der Waals surface area contributed by atoms with Crippen LogP contribution in [-0.4, -0.2) is 16.7 Å². The summed E-state index contributed by atoms with van der Waals surface area (Å²) in [6, 6.07) is 2.02. The largest absolute Gasteiger partial charge is 0.311 e. The molecule has 1 aromatic rings. The van der Waals surface area contributed by atoms with Gasteiger partial charge >= 0.3 is 0 Å². The normalized spacial score (nSPS) is 12.9. The predicted molar refractivity (Wildman–Crippen MR) is 68.2 cm³/mol. The number of hydrogen-bond acceptors (Lipinski definition) is 2. The standard InChI is InChI=1S/C13H25N3/c1-3-5-6-12(4-2)7-9-14-11-13-8-10-15-16-13/h8,10,12,14H,3-7,9,11H2,1-2H3,(H,15,16). The van der Waals surface area contributed by atoms with Crippen LogP contribution in [-0.2, 0) is 6.54 Å². The molecule has 0 radical (unpaired) electrons. The Morgan fingerprint density at radius 2 is 2.25 bits per heavy atom. The molecule has 0 amide bonds. The lowest BCUT2D eigenvalue weighted by Crippen LogP contribution is -2.18. The highest BCUT2D eigenvalue weighted by Crippen LogP contribution is 2.15. The summed E-state index contributed by atoms with van der Waals surface area (Å²) in [6.45, 7) is 6.59. The fourth-order valence-corrected chi connectivity index (χ4v) is 1.96. The molecule has 0 aliphatic heterocycles. The zero-order valence-electron chi connectivity index (χ0n) is 10.6. The first kappa shape index (κ1) is 13.2. The van der Waals surface area contributed by atoms with Crippen LogP contribution in [0.3, 0.4) is 0 Å². The minimum Gasteiger partial charge on any atom is -0.311 e. The van der Waals surface area contributed by atoms with E-state index in [2.05, 4.69) is 29.4 Å². The van der Waals surface area contributed by atoms with Crippen LogP contribution in [0, 0.1) is 5.92 Å². The molecule has 0 aliphatic rings. The molecule has 3 nitrogen and oxygen atoms in total. The Kier molecular flexibility index (Phi) is 6.90. The average molecular weight is 223 g/mol. The van der Waals surface area contributed by atoms with E-state index in [0.717, 1.165) is 19.0 Å². The molecule has 2 N–H and O–H groups in total. The number of aromatic amines is 1. The third-order valence-corrected chi connectivity index (χ3v) is 3.15. The van der Waals surface area contributed by atoms with Crippen LogP contribution in [0.4, 0.5) is 0 Å². The minimum absolute atomic E-state index is 0.897. The lowest BCUT2D eigenvalue weighted by molar-refractivity contribution is 0.409. The number of rotatable bonds is 9. The molecule has 0 aliphatic carbocycles. The fraction of sp³-hybridized carbons (Fsp3) is 0.769. The summed E-state index contributed by atoms with van der Waals surface area (Å²) in [7, 11) is 0. The van der Waals surface area contributed by atoms with Crippen molar-refractivity contribution in [3.63, 3.8) is 0 Å². The molecule has 1 aromatic heterocycles. The van der Waals surface area contributed by atoms with Crippen molar-refractivity contribution in [2.24, 2.45) is 5.92 Å².